The molecule has 19 heavy (non-hydrogen) atoms. The molecule has 1 atom stereocenters. The lowest BCUT2D eigenvalue weighted by molar-refractivity contribution is 0.0105. The van der Waals surface area contributed by atoms with Gasteiger partial charge >= 0.3 is 0 Å². The highest BCUT2D eigenvalue weighted by Gasteiger charge is 2.32. The van der Waals surface area contributed by atoms with Crippen LogP contribution >= 0.6 is 12.2 Å². The van der Waals surface area contributed by atoms with Crippen molar-refractivity contribution < 1.29 is 9.47 Å². The molecular formula is C13H17N3O2S. The minimum absolute atomic E-state index is 0.146. The number of hydrogen-bond acceptors (Lipinski definition) is 4. The Bertz CT molecular complexity index is 655. The van der Waals surface area contributed by atoms with E-state index in [1.165, 1.54) is 0 Å². The number of methoxy groups -OCH3 is 1. The number of nitrogens with one attached hydrogen (secondary N) is 1. The van der Waals surface area contributed by atoms with Gasteiger partial charge in [-0.05, 0) is 38.0 Å². The monoisotopic (exact) mass is 279 g/mol. The molecule has 1 fully saturated rings. The smallest absolute Gasteiger partial charge is 0.215 e. The van der Waals surface area contributed by atoms with Gasteiger partial charge in [0.25, 0.3) is 0 Å². The molecule has 0 aromatic carbocycles. The van der Waals surface area contributed by atoms with E-state index in [4.69, 9.17) is 21.7 Å². The van der Waals surface area contributed by atoms with E-state index in [0.29, 0.717) is 17.3 Å². The van der Waals surface area contributed by atoms with Gasteiger partial charge in [-0.2, -0.15) is 4.98 Å². The molecule has 0 aliphatic carbocycles. The Labute approximate surface area is 116 Å². The van der Waals surface area contributed by atoms with Gasteiger partial charge in [0, 0.05) is 12.7 Å². The average Bonchev–Trinajstić information content (AvgIpc) is 2.74. The Hall–Kier alpha value is -1.40. The maximum absolute atomic E-state index is 5.63. The molecule has 1 unspecified atom stereocenters. The first-order valence-corrected chi connectivity index (χ1v) is 6.79. The molecule has 6 heteroatoms. The van der Waals surface area contributed by atoms with Crippen molar-refractivity contribution in [1.29, 1.82) is 0 Å². The summed E-state index contributed by atoms with van der Waals surface area (Å²) in [6.07, 6.45) is 2.07. The Kier molecular flexibility index (Phi) is 3.06. The van der Waals surface area contributed by atoms with Crippen LogP contribution in [0.4, 0.5) is 0 Å². The maximum Gasteiger partial charge on any atom is 0.215 e. The summed E-state index contributed by atoms with van der Waals surface area (Å²) in [7, 11) is 1.62. The van der Waals surface area contributed by atoms with Crippen LogP contribution in [0.5, 0.6) is 5.88 Å². The fourth-order valence-electron chi connectivity index (χ4n) is 2.68. The summed E-state index contributed by atoms with van der Waals surface area (Å²) >= 11 is 5.46. The van der Waals surface area contributed by atoms with Gasteiger partial charge in [-0.3, -0.25) is 4.57 Å². The van der Waals surface area contributed by atoms with E-state index in [2.05, 4.69) is 21.5 Å². The van der Waals surface area contributed by atoms with Crippen LogP contribution in [0.2, 0.25) is 0 Å². The molecule has 1 aliphatic heterocycles. The van der Waals surface area contributed by atoms with E-state index in [1.807, 2.05) is 12.1 Å². The van der Waals surface area contributed by atoms with Crippen LogP contribution in [-0.4, -0.2) is 34.9 Å². The maximum atomic E-state index is 5.63. The number of aromatic amines is 1. The van der Waals surface area contributed by atoms with Crippen molar-refractivity contribution in [1.82, 2.24) is 14.5 Å². The zero-order chi connectivity index (χ0) is 13.5. The van der Waals surface area contributed by atoms with Crippen LogP contribution < -0.4 is 4.74 Å². The highest BCUT2D eigenvalue weighted by molar-refractivity contribution is 7.71. The molecule has 2 aromatic rings. The summed E-state index contributed by atoms with van der Waals surface area (Å²) in [5.74, 6) is 0.593. The number of nitrogens with zero attached hydrogens (tertiary/aromatic N) is 2. The van der Waals surface area contributed by atoms with Crippen LogP contribution in [0, 0.1) is 4.77 Å². The average molecular weight is 279 g/mol. The summed E-state index contributed by atoms with van der Waals surface area (Å²) in [4.78, 5) is 7.73. The quantitative estimate of drug-likeness (QED) is 0.859. The fourth-order valence-corrected chi connectivity index (χ4v) is 3.09. The molecule has 0 radical (unpaired) electrons. The molecule has 0 spiro atoms. The molecule has 1 N–H and O–H groups in total. The number of fused-ring (bicyclic) bond motifs is 1. The van der Waals surface area contributed by atoms with Crippen LogP contribution in [-0.2, 0) is 10.3 Å². The van der Waals surface area contributed by atoms with Crippen molar-refractivity contribution in [2.24, 2.45) is 0 Å². The third-order valence-corrected chi connectivity index (χ3v) is 3.96. The molecule has 2 aromatic heterocycles. The number of ether oxygens (including phenoxy) is 2. The first-order chi connectivity index (χ1) is 9.14. The summed E-state index contributed by atoms with van der Waals surface area (Å²) in [5.41, 5.74) is 1.61. The van der Waals surface area contributed by atoms with Crippen molar-refractivity contribution in [2.45, 2.75) is 25.3 Å². The van der Waals surface area contributed by atoms with Crippen molar-refractivity contribution in [3.05, 3.63) is 16.9 Å². The molecule has 102 valence electrons. The fraction of sp³-hybridized carbons (Fsp3) is 0.538. The molecule has 3 heterocycles. The van der Waals surface area contributed by atoms with Gasteiger partial charge in [0.05, 0.1) is 24.8 Å². The van der Waals surface area contributed by atoms with Crippen molar-refractivity contribution in [3.63, 3.8) is 0 Å². The molecule has 3 rings (SSSR count). The molecule has 1 saturated heterocycles. The lowest BCUT2D eigenvalue weighted by atomic mass is 9.94. The van der Waals surface area contributed by atoms with Crippen LogP contribution in [0.25, 0.3) is 11.2 Å². The largest absolute Gasteiger partial charge is 0.481 e. The summed E-state index contributed by atoms with van der Waals surface area (Å²) < 4.78 is 13.6. The second kappa shape index (κ2) is 4.61. The Morgan fingerprint density at radius 2 is 2.37 bits per heavy atom. The number of H-pyrrole nitrogens is 1. The van der Waals surface area contributed by atoms with E-state index >= 15 is 0 Å². The van der Waals surface area contributed by atoms with Gasteiger partial charge in [-0.15, -0.1) is 0 Å². The zero-order valence-electron chi connectivity index (χ0n) is 11.1. The van der Waals surface area contributed by atoms with Gasteiger partial charge in [0.1, 0.15) is 0 Å². The van der Waals surface area contributed by atoms with Gasteiger partial charge in [-0.25, -0.2) is 0 Å². The second-order valence-corrected chi connectivity index (χ2v) is 5.53. The van der Waals surface area contributed by atoms with Gasteiger partial charge in [0.15, 0.2) is 10.4 Å². The van der Waals surface area contributed by atoms with Crippen molar-refractivity contribution >= 4 is 23.4 Å². The Morgan fingerprint density at radius 3 is 3.05 bits per heavy atom. The number of aromatic nitrogens is 3. The second-order valence-electron chi connectivity index (χ2n) is 5.14. The predicted octanol–water partition coefficient (Wildman–Crippen LogP) is 2.63. The SMILES string of the molecule is COc1ccc2[nH]c(=S)n(C3(C)CCCOC3)c2n1. The van der Waals surface area contributed by atoms with E-state index in [-0.39, 0.29) is 5.54 Å². The number of imidazole rings is 1. The first-order valence-electron chi connectivity index (χ1n) is 6.38. The lowest BCUT2D eigenvalue weighted by Gasteiger charge is -2.34. The Morgan fingerprint density at radius 1 is 1.53 bits per heavy atom. The zero-order valence-corrected chi connectivity index (χ0v) is 11.9. The molecule has 1 aliphatic rings. The first kappa shape index (κ1) is 12.6. The minimum Gasteiger partial charge on any atom is -0.481 e. The molecule has 0 bridgehead atoms. The van der Waals surface area contributed by atoms with Crippen molar-refractivity contribution in [2.75, 3.05) is 20.3 Å². The summed E-state index contributed by atoms with van der Waals surface area (Å²) in [6, 6.07) is 3.78. The van der Waals surface area contributed by atoms with Crippen molar-refractivity contribution in [3.8, 4) is 5.88 Å². The van der Waals surface area contributed by atoms with Crippen LogP contribution in [0.1, 0.15) is 19.8 Å². The number of hydrogen-bond donors (Lipinski definition) is 1. The van der Waals surface area contributed by atoms with Crippen LogP contribution in [0.3, 0.4) is 0 Å². The van der Waals surface area contributed by atoms with Gasteiger partial charge in [-0.1, -0.05) is 0 Å². The molecular weight excluding hydrogens is 262 g/mol. The number of pyridine rings is 1. The predicted molar refractivity (Wildman–Crippen MR) is 75.2 cm³/mol. The molecule has 0 saturated carbocycles. The minimum atomic E-state index is -0.146. The molecule has 5 nitrogen and oxygen atoms in total. The topological polar surface area (TPSA) is 52.1 Å². The standard InChI is InChI=1S/C13H17N3O2S/c1-13(6-3-7-18-8-13)16-11-9(14-12(16)19)4-5-10(15-11)17-2/h4-5H,3,6-8H2,1-2H3,(H,14,19). The van der Waals surface area contributed by atoms with E-state index in [0.717, 1.165) is 30.6 Å². The third-order valence-electron chi connectivity index (χ3n) is 3.67. The summed E-state index contributed by atoms with van der Waals surface area (Å²) in [6.45, 7) is 3.64. The van der Waals surface area contributed by atoms with Crippen LogP contribution in [0.15, 0.2) is 12.1 Å². The van der Waals surface area contributed by atoms with E-state index in [1.54, 1.807) is 7.11 Å². The Balaban J connectivity index is 2.21. The van der Waals surface area contributed by atoms with Gasteiger partial charge in [0.2, 0.25) is 5.88 Å². The van der Waals surface area contributed by atoms with E-state index < -0.39 is 0 Å². The molecule has 0 amide bonds. The lowest BCUT2D eigenvalue weighted by Crippen LogP contribution is -2.39. The normalized spacial score (nSPS) is 23.7. The van der Waals surface area contributed by atoms with Gasteiger partial charge < -0.3 is 14.5 Å². The summed E-state index contributed by atoms with van der Waals surface area (Å²) in [5, 5.41) is 0. The van der Waals surface area contributed by atoms with E-state index in [9.17, 15) is 0 Å². The highest BCUT2D eigenvalue weighted by Crippen LogP contribution is 2.31. The third kappa shape index (κ3) is 2.04. The highest BCUT2D eigenvalue weighted by atomic mass is 32.1. The number of rotatable bonds is 2.